The van der Waals surface area contributed by atoms with E-state index < -0.39 is 11.9 Å². The number of urea groups is 1. The molecule has 4 rings (SSSR count). The molecule has 0 saturated heterocycles. The highest BCUT2D eigenvalue weighted by molar-refractivity contribution is 7.99. The van der Waals surface area contributed by atoms with Gasteiger partial charge in [0.1, 0.15) is 0 Å². The number of rotatable bonds is 8. The summed E-state index contributed by atoms with van der Waals surface area (Å²) in [6.07, 6.45) is 6.12. The molecule has 1 aromatic carbocycles. The van der Waals surface area contributed by atoms with Gasteiger partial charge in [0, 0.05) is 12.6 Å². The van der Waals surface area contributed by atoms with Gasteiger partial charge in [0.25, 0.3) is 5.56 Å². The first-order valence-electron chi connectivity index (χ1n) is 12.5. The number of imide groups is 1. The molecule has 3 aromatic rings. The monoisotopic (exact) mass is 498 g/mol. The Morgan fingerprint density at radius 3 is 2.74 bits per heavy atom. The van der Waals surface area contributed by atoms with Crippen molar-refractivity contribution in [3.05, 3.63) is 34.6 Å². The van der Waals surface area contributed by atoms with Crippen molar-refractivity contribution in [2.75, 3.05) is 5.75 Å². The molecule has 2 aromatic heterocycles. The van der Waals surface area contributed by atoms with Crippen molar-refractivity contribution in [3.63, 3.8) is 0 Å². The zero-order chi connectivity index (χ0) is 24.9. The Morgan fingerprint density at radius 2 is 1.94 bits per heavy atom. The van der Waals surface area contributed by atoms with Gasteiger partial charge >= 0.3 is 6.03 Å². The third-order valence-corrected chi connectivity index (χ3v) is 8.00. The fourth-order valence-corrected chi connectivity index (χ4v) is 5.57. The van der Waals surface area contributed by atoms with Gasteiger partial charge in [-0.3, -0.25) is 23.9 Å². The molecular formula is C25H34N6O3S. The first kappa shape index (κ1) is 25.2. The fraction of sp³-hybridized carbons (Fsp3) is 0.560. The van der Waals surface area contributed by atoms with E-state index in [2.05, 4.69) is 41.6 Å². The number of fused-ring (bicyclic) bond motifs is 3. The summed E-state index contributed by atoms with van der Waals surface area (Å²) in [6.45, 7) is 7.03. The average molecular weight is 499 g/mol. The number of aryl methyl sites for hydroxylation is 1. The lowest BCUT2D eigenvalue weighted by Gasteiger charge is -2.34. The van der Waals surface area contributed by atoms with Crippen molar-refractivity contribution in [3.8, 4) is 0 Å². The summed E-state index contributed by atoms with van der Waals surface area (Å²) in [5.41, 5.74) is 0.610. The molecule has 35 heavy (non-hydrogen) atoms. The van der Waals surface area contributed by atoms with Gasteiger partial charge in [-0.25, -0.2) is 4.79 Å². The Bertz CT molecular complexity index is 1270. The zero-order valence-electron chi connectivity index (χ0n) is 20.6. The molecule has 3 atom stereocenters. The van der Waals surface area contributed by atoms with Gasteiger partial charge in [0.15, 0.2) is 5.16 Å². The normalized spacial score (nSPS) is 20.3. The maximum Gasteiger partial charge on any atom is 0.321 e. The highest BCUT2D eigenvalue weighted by atomic mass is 32.2. The molecule has 1 aliphatic carbocycles. The van der Waals surface area contributed by atoms with Crippen LogP contribution in [0.3, 0.4) is 0 Å². The molecule has 1 fully saturated rings. The molecule has 0 unspecified atom stereocenters. The predicted octanol–water partition coefficient (Wildman–Crippen LogP) is 3.98. The number of carbonyl (C=O) groups is 2. The van der Waals surface area contributed by atoms with Crippen LogP contribution >= 0.6 is 11.8 Å². The van der Waals surface area contributed by atoms with Gasteiger partial charge < -0.3 is 5.32 Å². The molecule has 0 bridgehead atoms. The topological polar surface area (TPSA) is 110 Å². The van der Waals surface area contributed by atoms with Crippen LogP contribution in [0.15, 0.2) is 34.2 Å². The molecule has 9 nitrogen and oxygen atoms in total. The fourth-order valence-electron chi connectivity index (χ4n) is 4.83. The van der Waals surface area contributed by atoms with Crippen LogP contribution in [0, 0.1) is 11.8 Å². The molecule has 0 spiro atoms. The number of benzene rings is 1. The lowest BCUT2D eigenvalue weighted by atomic mass is 9.78. The molecule has 10 heteroatoms. The molecule has 3 amide bonds. The third kappa shape index (κ3) is 5.52. The number of carbonyl (C=O) groups excluding carboxylic acids is 2. The van der Waals surface area contributed by atoms with E-state index in [9.17, 15) is 14.4 Å². The van der Waals surface area contributed by atoms with E-state index in [0.717, 1.165) is 32.1 Å². The molecule has 2 N–H and O–H groups in total. The molecule has 1 saturated carbocycles. The zero-order valence-corrected chi connectivity index (χ0v) is 21.4. The number of thioether (sulfide) groups is 1. The second-order valence-corrected chi connectivity index (χ2v) is 10.4. The summed E-state index contributed by atoms with van der Waals surface area (Å²) in [7, 11) is 0. The van der Waals surface area contributed by atoms with Crippen LogP contribution in [0.5, 0.6) is 0 Å². The van der Waals surface area contributed by atoms with Gasteiger partial charge in [0.05, 0.1) is 16.7 Å². The second-order valence-electron chi connectivity index (χ2n) is 9.48. The van der Waals surface area contributed by atoms with E-state index in [1.54, 1.807) is 10.6 Å². The van der Waals surface area contributed by atoms with Crippen molar-refractivity contribution in [1.29, 1.82) is 0 Å². The van der Waals surface area contributed by atoms with E-state index in [1.165, 1.54) is 18.2 Å². The lowest BCUT2D eigenvalue weighted by Crippen LogP contribution is -2.49. The summed E-state index contributed by atoms with van der Waals surface area (Å²) in [6, 6.07) is 6.97. The minimum absolute atomic E-state index is 0.00806. The van der Waals surface area contributed by atoms with Gasteiger partial charge in [-0.05, 0) is 36.8 Å². The molecule has 1 aliphatic rings. The minimum Gasteiger partial charge on any atom is -0.335 e. The Morgan fingerprint density at radius 1 is 1.14 bits per heavy atom. The van der Waals surface area contributed by atoms with E-state index in [4.69, 9.17) is 0 Å². The number of aromatic nitrogens is 4. The minimum atomic E-state index is -0.456. The molecular weight excluding hydrogens is 464 g/mol. The highest BCUT2D eigenvalue weighted by Gasteiger charge is 2.28. The van der Waals surface area contributed by atoms with Gasteiger partial charge in [-0.2, -0.15) is 0 Å². The number of nitrogens with zero attached hydrogens (tertiary/aromatic N) is 4. The lowest BCUT2D eigenvalue weighted by molar-refractivity contribution is -0.117. The Labute approximate surface area is 209 Å². The SMILES string of the molecule is CCCCCn1c(=O)c2ccccc2n2c(SCC(=O)NC(=O)N[C@@H]3CCC[C@H](C)[C@@H]3C)nnc12. The average Bonchev–Trinajstić information content (AvgIpc) is 3.27. The maximum absolute atomic E-state index is 13.1. The number of hydrogen-bond acceptors (Lipinski definition) is 6. The molecule has 188 valence electrons. The highest BCUT2D eigenvalue weighted by Crippen LogP contribution is 2.29. The molecule has 2 heterocycles. The summed E-state index contributed by atoms with van der Waals surface area (Å²) < 4.78 is 3.49. The van der Waals surface area contributed by atoms with Crippen LogP contribution in [0.2, 0.25) is 0 Å². The van der Waals surface area contributed by atoms with Crippen LogP contribution in [-0.2, 0) is 11.3 Å². The first-order valence-corrected chi connectivity index (χ1v) is 13.5. The number of hydrogen-bond donors (Lipinski definition) is 2. The predicted molar refractivity (Wildman–Crippen MR) is 138 cm³/mol. The quantitative estimate of drug-likeness (QED) is 0.359. The summed E-state index contributed by atoms with van der Waals surface area (Å²) in [4.78, 5) is 38.0. The Balaban J connectivity index is 1.48. The van der Waals surface area contributed by atoms with Crippen molar-refractivity contribution in [2.45, 2.75) is 77.0 Å². The summed E-state index contributed by atoms with van der Waals surface area (Å²) >= 11 is 1.19. The number of nitrogens with one attached hydrogen (secondary N) is 2. The van der Waals surface area contributed by atoms with Gasteiger partial charge in [-0.1, -0.05) is 70.3 Å². The third-order valence-electron chi connectivity index (χ3n) is 7.07. The van der Waals surface area contributed by atoms with Crippen molar-refractivity contribution in [2.24, 2.45) is 11.8 Å². The Kier molecular flexibility index (Phi) is 8.10. The van der Waals surface area contributed by atoms with Crippen molar-refractivity contribution >= 4 is 40.4 Å². The van der Waals surface area contributed by atoms with E-state index >= 15 is 0 Å². The summed E-state index contributed by atoms with van der Waals surface area (Å²) in [5.74, 6) is 1.00. The molecule has 0 aliphatic heterocycles. The first-order chi connectivity index (χ1) is 16.9. The molecule has 0 radical (unpaired) electrons. The van der Waals surface area contributed by atoms with Crippen molar-refractivity contribution < 1.29 is 9.59 Å². The van der Waals surface area contributed by atoms with Crippen LogP contribution in [-0.4, -0.2) is 42.9 Å². The van der Waals surface area contributed by atoms with Crippen molar-refractivity contribution in [1.82, 2.24) is 29.8 Å². The van der Waals surface area contributed by atoms with E-state index in [1.807, 2.05) is 22.6 Å². The van der Waals surface area contributed by atoms with Crippen LogP contribution in [0.1, 0.15) is 59.3 Å². The van der Waals surface area contributed by atoms with Gasteiger partial charge in [0.2, 0.25) is 11.7 Å². The van der Waals surface area contributed by atoms with Crippen LogP contribution in [0.4, 0.5) is 4.79 Å². The van der Waals surface area contributed by atoms with Crippen LogP contribution < -0.4 is 16.2 Å². The number of unbranched alkanes of at least 4 members (excludes halogenated alkanes) is 2. The smallest absolute Gasteiger partial charge is 0.321 e. The number of amides is 3. The largest absolute Gasteiger partial charge is 0.335 e. The van der Waals surface area contributed by atoms with Crippen LogP contribution in [0.25, 0.3) is 16.7 Å². The summed E-state index contributed by atoms with van der Waals surface area (Å²) in [5, 5.41) is 15.1. The number of para-hydroxylation sites is 1. The van der Waals surface area contributed by atoms with Gasteiger partial charge in [-0.15, -0.1) is 10.2 Å². The van der Waals surface area contributed by atoms with E-state index in [-0.39, 0.29) is 17.4 Å². The standard InChI is InChI=1S/C25H34N6O3S/c1-4-5-8-14-30-22(33)18-11-6-7-13-20(18)31-24(30)28-29-25(31)35-15-21(32)27-23(34)26-19-12-9-10-16(2)17(19)3/h6-7,11,13,16-17,19H,4-5,8-10,12,14-15H2,1-3H3,(H2,26,27,32,34)/t16-,17-,19+/m0/s1. The van der Waals surface area contributed by atoms with E-state index in [0.29, 0.717) is 40.2 Å². The second kappa shape index (κ2) is 11.2. The maximum atomic E-state index is 13.1. The Hall–Kier alpha value is -2.88.